The first kappa shape index (κ1) is 18.4. The van der Waals surface area contributed by atoms with E-state index >= 15 is 0 Å². The second kappa shape index (κ2) is 10.2. The van der Waals surface area contributed by atoms with Crippen LogP contribution < -0.4 is 0 Å². The molecule has 5 nitrogen and oxygen atoms in total. The Morgan fingerprint density at radius 2 is 1.68 bits per heavy atom. The van der Waals surface area contributed by atoms with Crippen molar-refractivity contribution in [3.8, 4) is 0 Å². The van der Waals surface area contributed by atoms with Gasteiger partial charge in [0, 0.05) is 26.8 Å². The van der Waals surface area contributed by atoms with Gasteiger partial charge in [-0.2, -0.15) is 0 Å². The SMILES string of the molecule is CCO[Si](CC)(CCCCCN(C)C(=O)O)OCC. The Morgan fingerprint density at radius 1 is 1.11 bits per heavy atom. The van der Waals surface area contributed by atoms with Crippen molar-refractivity contribution in [2.45, 2.75) is 52.1 Å². The summed E-state index contributed by atoms with van der Waals surface area (Å²) in [6.07, 6.45) is 2.11. The van der Waals surface area contributed by atoms with Crippen LogP contribution in [-0.4, -0.2) is 51.5 Å². The molecule has 19 heavy (non-hydrogen) atoms. The van der Waals surface area contributed by atoms with Crippen LogP contribution in [0.25, 0.3) is 0 Å². The predicted molar refractivity (Wildman–Crippen MR) is 78.8 cm³/mol. The smallest absolute Gasteiger partial charge is 0.407 e. The molecule has 114 valence electrons. The van der Waals surface area contributed by atoms with Crippen molar-refractivity contribution in [1.82, 2.24) is 4.90 Å². The molecule has 0 unspecified atom stereocenters. The Bertz CT molecular complexity index is 245. The molecule has 0 radical (unpaired) electrons. The summed E-state index contributed by atoms with van der Waals surface area (Å²) < 4.78 is 11.8. The maximum absolute atomic E-state index is 10.6. The third-order valence-electron chi connectivity index (χ3n) is 3.23. The van der Waals surface area contributed by atoms with Crippen LogP contribution in [0, 0.1) is 0 Å². The highest BCUT2D eigenvalue weighted by atomic mass is 28.4. The number of hydrogen-bond acceptors (Lipinski definition) is 3. The monoisotopic (exact) mass is 291 g/mol. The summed E-state index contributed by atoms with van der Waals surface area (Å²) in [6.45, 7) is 8.18. The minimum atomic E-state index is -2.00. The first-order valence-corrected chi connectivity index (χ1v) is 9.46. The van der Waals surface area contributed by atoms with E-state index < -0.39 is 14.7 Å². The van der Waals surface area contributed by atoms with Gasteiger partial charge in [-0.05, 0) is 32.4 Å². The number of unbranched alkanes of at least 4 members (excludes halogenated alkanes) is 2. The summed E-state index contributed by atoms with van der Waals surface area (Å²) >= 11 is 0. The van der Waals surface area contributed by atoms with Gasteiger partial charge in [0.25, 0.3) is 0 Å². The quantitative estimate of drug-likeness (QED) is 0.469. The molecule has 0 fully saturated rings. The summed E-state index contributed by atoms with van der Waals surface area (Å²) in [4.78, 5) is 12.0. The van der Waals surface area contributed by atoms with E-state index in [0.29, 0.717) is 19.8 Å². The van der Waals surface area contributed by atoms with E-state index in [9.17, 15) is 4.79 Å². The second-order valence-corrected chi connectivity index (χ2v) is 8.25. The highest BCUT2D eigenvalue weighted by Gasteiger charge is 2.34. The molecule has 0 spiro atoms. The van der Waals surface area contributed by atoms with Crippen LogP contribution in [0.4, 0.5) is 4.79 Å². The number of carbonyl (C=O) groups is 1. The van der Waals surface area contributed by atoms with Crippen molar-refractivity contribution in [2.75, 3.05) is 26.8 Å². The molecule has 0 aromatic rings. The minimum Gasteiger partial charge on any atom is -0.465 e. The third-order valence-corrected chi connectivity index (χ3v) is 7.05. The topological polar surface area (TPSA) is 59.0 Å². The van der Waals surface area contributed by atoms with Gasteiger partial charge in [-0.15, -0.1) is 0 Å². The zero-order chi connectivity index (χ0) is 14.7. The fraction of sp³-hybridized carbons (Fsp3) is 0.923. The van der Waals surface area contributed by atoms with Gasteiger partial charge in [0.2, 0.25) is 0 Å². The maximum Gasteiger partial charge on any atom is 0.407 e. The fourth-order valence-electron chi connectivity index (χ4n) is 2.11. The molecule has 0 saturated carbocycles. The van der Waals surface area contributed by atoms with E-state index in [4.69, 9.17) is 14.0 Å². The fourth-order valence-corrected chi connectivity index (χ4v) is 5.08. The molecule has 0 aliphatic rings. The summed E-state index contributed by atoms with van der Waals surface area (Å²) in [5, 5.41) is 8.74. The van der Waals surface area contributed by atoms with Crippen LogP contribution >= 0.6 is 0 Å². The molecule has 0 bridgehead atoms. The average molecular weight is 291 g/mol. The van der Waals surface area contributed by atoms with Crippen LogP contribution in [-0.2, 0) is 8.85 Å². The number of amides is 1. The Morgan fingerprint density at radius 3 is 2.11 bits per heavy atom. The van der Waals surface area contributed by atoms with Gasteiger partial charge in [-0.3, -0.25) is 0 Å². The standard InChI is InChI=1S/C13H29NO4Si/c1-5-17-19(7-3,18-6-2)12-10-8-9-11-14(4)13(15)16/h5-12H2,1-4H3,(H,15,16). The lowest BCUT2D eigenvalue weighted by Crippen LogP contribution is -2.41. The van der Waals surface area contributed by atoms with Crippen molar-refractivity contribution < 1.29 is 18.8 Å². The zero-order valence-corrected chi connectivity index (χ0v) is 13.8. The van der Waals surface area contributed by atoms with E-state index in [1.165, 1.54) is 4.90 Å². The Hall–Kier alpha value is -0.593. The lowest BCUT2D eigenvalue weighted by Gasteiger charge is -2.29. The van der Waals surface area contributed by atoms with Crippen LogP contribution in [0.5, 0.6) is 0 Å². The summed E-state index contributed by atoms with van der Waals surface area (Å²) in [7, 11) is -0.393. The molecule has 0 atom stereocenters. The molecule has 0 aliphatic carbocycles. The van der Waals surface area contributed by atoms with Crippen LogP contribution in [0.2, 0.25) is 12.1 Å². The van der Waals surface area contributed by atoms with Crippen molar-refractivity contribution in [3.05, 3.63) is 0 Å². The van der Waals surface area contributed by atoms with Gasteiger partial charge in [0.15, 0.2) is 0 Å². The molecule has 0 saturated heterocycles. The van der Waals surface area contributed by atoms with E-state index in [0.717, 1.165) is 31.4 Å². The number of carboxylic acid groups (broad SMARTS) is 1. The number of rotatable bonds is 11. The highest BCUT2D eigenvalue weighted by molar-refractivity contribution is 6.67. The Balaban J connectivity index is 3.95. The maximum atomic E-state index is 10.6. The van der Waals surface area contributed by atoms with E-state index in [2.05, 4.69) is 6.92 Å². The molecule has 0 aliphatic heterocycles. The molecule has 6 heteroatoms. The number of nitrogens with zero attached hydrogens (tertiary/aromatic N) is 1. The van der Waals surface area contributed by atoms with Gasteiger partial charge in [0.05, 0.1) is 0 Å². The molecule has 0 aromatic heterocycles. The molecular weight excluding hydrogens is 262 g/mol. The molecule has 1 amide bonds. The van der Waals surface area contributed by atoms with Gasteiger partial charge >= 0.3 is 14.7 Å². The van der Waals surface area contributed by atoms with E-state index in [1.807, 2.05) is 13.8 Å². The lowest BCUT2D eigenvalue weighted by atomic mass is 10.2. The molecule has 0 aromatic carbocycles. The molecule has 1 N–H and O–H groups in total. The van der Waals surface area contributed by atoms with Crippen molar-refractivity contribution in [1.29, 1.82) is 0 Å². The van der Waals surface area contributed by atoms with Gasteiger partial charge < -0.3 is 18.9 Å². The van der Waals surface area contributed by atoms with Crippen molar-refractivity contribution in [2.24, 2.45) is 0 Å². The average Bonchev–Trinajstić information content (AvgIpc) is 2.38. The lowest BCUT2D eigenvalue weighted by molar-refractivity contribution is 0.155. The van der Waals surface area contributed by atoms with E-state index in [1.54, 1.807) is 7.05 Å². The normalized spacial score (nSPS) is 11.6. The predicted octanol–water partition coefficient (Wildman–Crippen LogP) is 3.30. The van der Waals surface area contributed by atoms with Gasteiger partial charge in [-0.1, -0.05) is 19.8 Å². The third kappa shape index (κ3) is 7.54. The largest absolute Gasteiger partial charge is 0.465 e. The molecule has 0 rings (SSSR count). The number of hydrogen-bond donors (Lipinski definition) is 1. The van der Waals surface area contributed by atoms with Gasteiger partial charge in [-0.25, -0.2) is 4.79 Å². The van der Waals surface area contributed by atoms with Crippen LogP contribution in [0.1, 0.15) is 40.0 Å². The first-order chi connectivity index (χ1) is 9.01. The minimum absolute atomic E-state index is 0.597. The summed E-state index contributed by atoms with van der Waals surface area (Å²) in [5.74, 6) is 0. The molecular formula is C13H29NO4Si. The Labute approximate surface area is 118 Å². The Kier molecular flexibility index (Phi) is 9.91. The van der Waals surface area contributed by atoms with Gasteiger partial charge in [0.1, 0.15) is 0 Å². The molecule has 0 heterocycles. The van der Waals surface area contributed by atoms with E-state index in [-0.39, 0.29) is 0 Å². The van der Waals surface area contributed by atoms with Crippen molar-refractivity contribution in [3.63, 3.8) is 0 Å². The van der Waals surface area contributed by atoms with Crippen LogP contribution in [0.15, 0.2) is 0 Å². The first-order valence-electron chi connectivity index (χ1n) is 7.23. The van der Waals surface area contributed by atoms with Crippen LogP contribution in [0.3, 0.4) is 0 Å². The highest BCUT2D eigenvalue weighted by Crippen LogP contribution is 2.22. The summed E-state index contributed by atoms with van der Waals surface area (Å²) in [5.41, 5.74) is 0. The summed E-state index contributed by atoms with van der Waals surface area (Å²) in [6, 6.07) is 1.98. The second-order valence-electron chi connectivity index (χ2n) is 4.65. The zero-order valence-electron chi connectivity index (χ0n) is 12.8. The van der Waals surface area contributed by atoms with Crippen molar-refractivity contribution >= 4 is 14.7 Å².